The summed E-state index contributed by atoms with van der Waals surface area (Å²) in [6, 6.07) is 7.17. The van der Waals surface area contributed by atoms with Crippen molar-refractivity contribution in [2.75, 3.05) is 26.1 Å². The maximum Gasteiger partial charge on any atom is 0.233 e. The normalized spacial score (nSPS) is 12.1. The van der Waals surface area contributed by atoms with Gasteiger partial charge in [-0.05, 0) is 19.1 Å². The molecule has 0 aliphatic carbocycles. The molecule has 1 amide bonds. The Morgan fingerprint density at radius 3 is 3.00 bits per heavy atom. The average molecular weight is 356 g/mol. The van der Waals surface area contributed by atoms with Crippen LogP contribution in [0, 0.1) is 0 Å². The van der Waals surface area contributed by atoms with Gasteiger partial charge in [0.2, 0.25) is 11.1 Å². The second-order valence-corrected chi connectivity index (χ2v) is 6.47. The number of carbonyl (C=O) groups is 1. The first-order valence-electron chi connectivity index (χ1n) is 6.92. The van der Waals surface area contributed by atoms with Crippen molar-refractivity contribution < 1.29 is 9.53 Å². The lowest BCUT2D eigenvalue weighted by Crippen LogP contribution is -2.33. The zero-order valence-electron chi connectivity index (χ0n) is 12.8. The van der Waals surface area contributed by atoms with Gasteiger partial charge in [0.1, 0.15) is 0 Å². The lowest BCUT2D eigenvalue weighted by molar-refractivity contribution is -0.120. The predicted octanol–water partition coefficient (Wildman–Crippen LogP) is 1.56. The summed E-state index contributed by atoms with van der Waals surface area (Å²) in [6.45, 7) is 2.71. The summed E-state index contributed by atoms with van der Waals surface area (Å²) in [5.41, 5.74) is 0.761. The van der Waals surface area contributed by atoms with Crippen molar-refractivity contribution in [3.05, 3.63) is 29.3 Å². The number of thioether (sulfide) groups is 1. The van der Waals surface area contributed by atoms with Crippen molar-refractivity contribution in [3.8, 4) is 11.4 Å². The third kappa shape index (κ3) is 4.60. The number of hydrogen-bond acceptors (Lipinski definition) is 6. The van der Waals surface area contributed by atoms with Gasteiger partial charge in [0.25, 0.3) is 0 Å². The fourth-order valence-electron chi connectivity index (χ4n) is 1.81. The monoisotopic (exact) mass is 355 g/mol. The zero-order valence-corrected chi connectivity index (χ0v) is 14.4. The molecule has 124 valence electrons. The van der Waals surface area contributed by atoms with Crippen LogP contribution in [0.2, 0.25) is 5.02 Å². The fourth-order valence-corrected chi connectivity index (χ4v) is 2.80. The summed E-state index contributed by atoms with van der Waals surface area (Å²) < 4.78 is 6.25. The first-order chi connectivity index (χ1) is 11.0. The molecule has 7 nitrogen and oxygen atoms in total. The van der Waals surface area contributed by atoms with E-state index in [4.69, 9.17) is 22.2 Å². The Kier molecular flexibility index (Phi) is 6.26. The highest BCUT2D eigenvalue weighted by molar-refractivity contribution is 8.00. The maximum atomic E-state index is 12.0. The van der Waals surface area contributed by atoms with Crippen LogP contribution in [-0.2, 0) is 9.53 Å². The van der Waals surface area contributed by atoms with E-state index in [2.05, 4.69) is 15.5 Å². The van der Waals surface area contributed by atoms with Crippen LogP contribution < -0.4 is 11.2 Å². The van der Waals surface area contributed by atoms with Crippen LogP contribution in [0.3, 0.4) is 0 Å². The van der Waals surface area contributed by atoms with E-state index in [-0.39, 0.29) is 11.2 Å². The van der Waals surface area contributed by atoms with Crippen LogP contribution in [0.5, 0.6) is 0 Å². The number of hydrogen-bond donors (Lipinski definition) is 2. The molecule has 2 aromatic rings. The largest absolute Gasteiger partial charge is 0.383 e. The second kappa shape index (κ2) is 8.19. The maximum absolute atomic E-state index is 12.0. The van der Waals surface area contributed by atoms with Crippen molar-refractivity contribution in [1.29, 1.82) is 0 Å². The number of halogens is 1. The first kappa shape index (κ1) is 17.6. The number of methoxy groups -OCH3 is 1. The Bertz CT molecular complexity index is 679. The molecule has 0 fully saturated rings. The molecule has 2 rings (SSSR count). The van der Waals surface area contributed by atoms with E-state index in [1.54, 1.807) is 26.2 Å². The van der Waals surface area contributed by atoms with Gasteiger partial charge >= 0.3 is 0 Å². The first-order valence-corrected chi connectivity index (χ1v) is 8.18. The van der Waals surface area contributed by atoms with Gasteiger partial charge < -0.3 is 15.9 Å². The minimum atomic E-state index is -0.356. The molecule has 1 aromatic heterocycles. The Morgan fingerprint density at radius 1 is 1.52 bits per heavy atom. The number of nitrogen functional groups attached to an aromatic ring is 1. The van der Waals surface area contributed by atoms with Crippen LogP contribution in [0.4, 0.5) is 0 Å². The molecule has 3 N–H and O–H groups in total. The van der Waals surface area contributed by atoms with Gasteiger partial charge in [-0.15, -0.1) is 10.2 Å². The van der Waals surface area contributed by atoms with Crippen molar-refractivity contribution in [1.82, 2.24) is 20.2 Å². The third-order valence-corrected chi connectivity index (χ3v) is 4.30. The molecule has 0 saturated heterocycles. The number of nitrogens with one attached hydrogen (secondary N) is 1. The van der Waals surface area contributed by atoms with Gasteiger partial charge in [0.15, 0.2) is 5.82 Å². The van der Waals surface area contributed by atoms with Gasteiger partial charge in [-0.25, -0.2) is 4.68 Å². The molecule has 0 bridgehead atoms. The van der Waals surface area contributed by atoms with Crippen LogP contribution in [-0.4, -0.2) is 46.3 Å². The molecule has 0 unspecified atom stereocenters. The smallest absolute Gasteiger partial charge is 0.233 e. The van der Waals surface area contributed by atoms with Crippen molar-refractivity contribution in [3.63, 3.8) is 0 Å². The topological polar surface area (TPSA) is 95.1 Å². The summed E-state index contributed by atoms with van der Waals surface area (Å²) in [5, 5.41) is 11.6. The van der Waals surface area contributed by atoms with E-state index in [0.717, 1.165) is 5.56 Å². The SMILES string of the molecule is COCCNC(=O)[C@H](C)Sc1nnc(-c2cccc(Cl)c2)n1N. The van der Waals surface area contributed by atoms with Gasteiger partial charge in [0.05, 0.1) is 11.9 Å². The van der Waals surface area contributed by atoms with E-state index in [1.807, 2.05) is 12.1 Å². The molecule has 0 radical (unpaired) electrons. The number of aromatic nitrogens is 3. The van der Waals surface area contributed by atoms with Crippen LogP contribution >= 0.6 is 23.4 Å². The second-order valence-electron chi connectivity index (χ2n) is 4.73. The lowest BCUT2D eigenvalue weighted by atomic mass is 10.2. The lowest BCUT2D eigenvalue weighted by Gasteiger charge is -2.11. The quantitative estimate of drug-likeness (QED) is 0.444. The molecular formula is C14H18ClN5O2S. The molecule has 0 aliphatic heterocycles. The van der Waals surface area contributed by atoms with Gasteiger partial charge in [-0.2, -0.15) is 0 Å². The molecule has 0 spiro atoms. The summed E-state index contributed by atoms with van der Waals surface area (Å²) >= 11 is 7.21. The van der Waals surface area contributed by atoms with Crippen molar-refractivity contribution in [2.24, 2.45) is 0 Å². The van der Waals surface area contributed by atoms with E-state index >= 15 is 0 Å². The van der Waals surface area contributed by atoms with Crippen molar-refractivity contribution >= 4 is 29.3 Å². The number of ether oxygens (including phenoxy) is 1. The molecule has 0 aliphatic rings. The zero-order chi connectivity index (χ0) is 16.8. The summed E-state index contributed by atoms with van der Waals surface area (Å²) in [4.78, 5) is 12.0. The number of benzene rings is 1. The van der Waals surface area contributed by atoms with Crippen LogP contribution in [0.15, 0.2) is 29.4 Å². The third-order valence-electron chi connectivity index (χ3n) is 3.00. The fraction of sp³-hybridized carbons (Fsp3) is 0.357. The highest BCUT2D eigenvalue weighted by Gasteiger charge is 2.19. The standard InChI is InChI=1S/C14H18ClN5O2S/c1-9(13(21)17-6-7-22-2)23-14-19-18-12(20(14)16)10-4-3-5-11(15)8-10/h3-5,8-9H,6-7,16H2,1-2H3,(H,17,21)/t9-/m0/s1. The highest BCUT2D eigenvalue weighted by Crippen LogP contribution is 2.26. The molecule has 1 aromatic carbocycles. The van der Waals surface area contributed by atoms with Gasteiger partial charge in [-0.1, -0.05) is 35.5 Å². The molecule has 9 heteroatoms. The predicted molar refractivity (Wildman–Crippen MR) is 90.8 cm³/mol. The van der Waals surface area contributed by atoms with Gasteiger partial charge in [0, 0.05) is 24.2 Å². The van der Waals surface area contributed by atoms with E-state index in [1.165, 1.54) is 16.4 Å². The van der Waals surface area contributed by atoms with E-state index < -0.39 is 0 Å². The number of nitrogens with two attached hydrogens (primary N) is 1. The molecule has 1 heterocycles. The molecule has 0 saturated carbocycles. The van der Waals surface area contributed by atoms with Gasteiger partial charge in [-0.3, -0.25) is 4.79 Å². The molecule has 1 atom stereocenters. The summed E-state index contributed by atoms with van der Waals surface area (Å²) in [6.07, 6.45) is 0. The average Bonchev–Trinajstić information content (AvgIpc) is 2.88. The minimum Gasteiger partial charge on any atom is -0.383 e. The highest BCUT2D eigenvalue weighted by atomic mass is 35.5. The van der Waals surface area contributed by atoms with Crippen molar-refractivity contribution in [2.45, 2.75) is 17.3 Å². The minimum absolute atomic E-state index is 0.112. The molecule has 23 heavy (non-hydrogen) atoms. The van der Waals surface area contributed by atoms with Crippen LogP contribution in [0.1, 0.15) is 6.92 Å². The van der Waals surface area contributed by atoms with E-state index in [0.29, 0.717) is 29.2 Å². The number of rotatable bonds is 7. The summed E-state index contributed by atoms with van der Waals surface area (Å²) in [7, 11) is 1.58. The molecular weight excluding hydrogens is 338 g/mol. The Balaban J connectivity index is 2.06. The Hall–Kier alpha value is -1.77. The Morgan fingerprint density at radius 2 is 2.30 bits per heavy atom. The number of nitrogens with zero attached hydrogens (tertiary/aromatic N) is 3. The Labute approximate surface area is 143 Å². The number of amides is 1. The summed E-state index contributed by atoms with van der Waals surface area (Å²) in [5.74, 6) is 6.41. The van der Waals surface area contributed by atoms with Crippen LogP contribution in [0.25, 0.3) is 11.4 Å². The van der Waals surface area contributed by atoms with E-state index in [9.17, 15) is 4.79 Å². The number of carbonyl (C=O) groups excluding carboxylic acids is 1.